The van der Waals surface area contributed by atoms with Gasteiger partial charge in [0.05, 0.1) is 0 Å². The van der Waals surface area contributed by atoms with E-state index in [2.05, 4.69) is 19.1 Å². The summed E-state index contributed by atoms with van der Waals surface area (Å²) in [5.74, 6) is 1.87. The summed E-state index contributed by atoms with van der Waals surface area (Å²) in [6, 6.07) is 4.45. The number of hydrogen-bond donors (Lipinski definition) is 1. The van der Waals surface area contributed by atoms with Gasteiger partial charge in [-0.25, -0.2) is 0 Å². The Bertz CT molecular complexity index is 386. The first-order valence-corrected chi connectivity index (χ1v) is 7.59. The zero-order chi connectivity index (χ0) is 12.5. The van der Waals surface area contributed by atoms with Crippen LogP contribution >= 0.6 is 0 Å². The summed E-state index contributed by atoms with van der Waals surface area (Å²) < 4.78 is 0. The molecule has 98 valence electrons. The summed E-state index contributed by atoms with van der Waals surface area (Å²) in [5, 5.41) is 10.6. The molecule has 2 aliphatic rings. The van der Waals surface area contributed by atoms with Gasteiger partial charge in [0.2, 0.25) is 0 Å². The summed E-state index contributed by atoms with van der Waals surface area (Å²) in [6.07, 6.45) is 10.4. The Morgan fingerprint density at radius 1 is 0.833 bits per heavy atom. The third-order valence-electron chi connectivity index (χ3n) is 4.90. The van der Waals surface area contributed by atoms with Gasteiger partial charge in [-0.05, 0) is 55.6 Å². The molecule has 0 bridgehead atoms. The highest BCUT2D eigenvalue weighted by Gasteiger charge is 2.26. The van der Waals surface area contributed by atoms with E-state index in [-0.39, 0.29) is 0 Å². The van der Waals surface area contributed by atoms with Crippen molar-refractivity contribution in [2.75, 3.05) is 0 Å². The van der Waals surface area contributed by atoms with E-state index < -0.39 is 0 Å². The Morgan fingerprint density at radius 2 is 1.22 bits per heavy atom. The molecule has 0 atom stereocenters. The molecule has 1 nitrogen and oxygen atoms in total. The quantitative estimate of drug-likeness (QED) is 0.774. The molecule has 1 aromatic carbocycles. The lowest BCUT2D eigenvalue weighted by Crippen LogP contribution is -2.00. The predicted molar refractivity (Wildman–Crippen MR) is 75.3 cm³/mol. The Balaban J connectivity index is 1.98. The van der Waals surface area contributed by atoms with Crippen LogP contribution in [0.25, 0.3) is 0 Å². The molecule has 0 saturated heterocycles. The highest BCUT2D eigenvalue weighted by molar-refractivity contribution is 5.47. The Hall–Kier alpha value is -0.980. The van der Waals surface area contributed by atoms with Gasteiger partial charge in [-0.15, -0.1) is 0 Å². The van der Waals surface area contributed by atoms with Crippen molar-refractivity contribution >= 4 is 0 Å². The molecule has 2 fully saturated rings. The number of aromatic hydroxyl groups is 1. The van der Waals surface area contributed by atoms with E-state index in [9.17, 15) is 5.11 Å². The maximum Gasteiger partial charge on any atom is 0.122 e. The van der Waals surface area contributed by atoms with Gasteiger partial charge < -0.3 is 5.11 Å². The van der Waals surface area contributed by atoms with Gasteiger partial charge in [-0.1, -0.05) is 43.4 Å². The van der Waals surface area contributed by atoms with Crippen molar-refractivity contribution in [2.45, 2.75) is 70.1 Å². The van der Waals surface area contributed by atoms with Crippen LogP contribution in [0.15, 0.2) is 12.1 Å². The van der Waals surface area contributed by atoms with Gasteiger partial charge in [-0.2, -0.15) is 0 Å². The number of phenolic OH excluding ortho intramolecular Hbond substituents is 1. The number of rotatable bonds is 2. The number of benzene rings is 1. The fraction of sp³-hybridized carbons (Fsp3) is 0.647. The SMILES string of the molecule is Cc1cc(C2CCCC2)c(O)c(C2CCCC2)c1. The van der Waals surface area contributed by atoms with E-state index in [1.165, 1.54) is 68.1 Å². The largest absolute Gasteiger partial charge is 0.507 e. The van der Waals surface area contributed by atoms with Crippen molar-refractivity contribution < 1.29 is 5.11 Å². The van der Waals surface area contributed by atoms with Crippen molar-refractivity contribution in [1.82, 2.24) is 0 Å². The Kier molecular flexibility index (Phi) is 3.32. The highest BCUT2D eigenvalue weighted by Crippen LogP contribution is 2.45. The summed E-state index contributed by atoms with van der Waals surface area (Å²) >= 11 is 0. The predicted octanol–water partition coefficient (Wildman–Crippen LogP) is 5.02. The van der Waals surface area contributed by atoms with E-state index in [0.29, 0.717) is 17.6 Å². The van der Waals surface area contributed by atoms with Gasteiger partial charge in [0.15, 0.2) is 0 Å². The van der Waals surface area contributed by atoms with Crippen LogP contribution in [0.4, 0.5) is 0 Å². The van der Waals surface area contributed by atoms with Crippen molar-refractivity contribution in [3.63, 3.8) is 0 Å². The fourth-order valence-corrected chi connectivity index (χ4v) is 3.93. The molecule has 2 aliphatic carbocycles. The Labute approximate surface area is 110 Å². The monoisotopic (exact) mass is 244 g/mol. The van der Waals surface area contributed by atoms with E-state index in [1.54, 1.807) is 0 Å². The second kappa shape index (κ2) is 4.95. The average Bonchev–Trinajstić information content (AvgIpc) is 3.02. The minimum Gasteiger partial charge on any atom is -0.507 e. The topological polar surface area (TPSA) is 20.2 Å². The summed E-state index contributed by atoms with van der Waals surface area (Å²) in [5.41, 5.74) is 3.82. The molecular weight excluding hydrogens is 220 g/mol. The smallest absolute Gasteiger partial charge is 0.122 e. The molecule has 0 amide bonds. The normalized spacial score (nSPS) is 21.8. The van der Waals surface area contributed by atoms with Crippen molar-refractivity contribution in [3.05, 3.63) is 28.8 Å². The maximum absolute atomic E-state index is 10.6. The molecule has 1 aromatic rings. The molecular formula is C17H24O. The molecule has 0 aromatic heterocycles. The fourth-order valence-electron chi connectivity index (χ4n) is 3.93. The van der Waals surface area contributed by atoms with Crippen LogP contribution in [-0.4, -0.2) is 5.11 Å². The zero-order valence-corrected chi connectivity index (χ0v) is 11.4. The maximum atomic E-state index is 10.6. The third-order valence-corrected chi connectivity index (χ3v) is 4.90. The van der Waals surface area contributed by atoms with E-state index in [4.69, 9.17) is 0 Å². The summed E-state index contributed by atoms with van der Waals surface area (Å²) in [4.78, 5) is 0. The lowest BCUT2D eigenvalue weighted by molar-refractivity contribution is 0.447. The highest BCUT2D eigenvalue weighted by atomic mass is 16.3. The van der Waals surface area contributed by atoms with E-state index in [1.807, 2.05) is 0 Å². The lowest BCUT2D eigenvalue weighted by atomic mass is 9.88. The van der Waals surface area contributed by atoms with Crippen molar-refractivity contribution in [3.8, 4) is 5.75 Å². The first-order chi connectivity index (χ1) is 8.75. The van der Waals surface area contributed by atoms with Gasteiger partial charge in [0.1, 0.15) is 5.75 Å². The standard InChI is InChI=1S/C17H24O/c1-12-10-15(13-6-2-3-7-13)17(18)16(11-12)14-8-4-5-9-14/h10-11,13-14,18H,2-9H2,1H3. The van der Waals surface area contributed by atoms with Crippen LogP contribution in [0.5, 0.6) is 5.75 Å². The third kappa shape index (κ3) is 2.15. The number of aryl methyl sites for hydroxylation is 1. The average molecular weight is 244 g/mol. The molecule has 0 heterocycles. The molecule has 3 rings (SSSR count). The van der Waals surface area contributed by atoms with Crippen LogP contribution in [-0.2, 0) is 0 Å². The van der Waals surface area contributed by atoms with Crippen LogP contribution in [0.2, 0.25) is 0 Å². The van der Waals surface area contributed by atoms with Gasteiger partial charge in [0, 0.05) is 0 Å². The van der Waals surface area contributed by atoms with Gasteiger partial charge in [-0.3, -0.25) is 0 Å². The lowest BCUT2D eigenvalue weighted by Gasteiger charge is -2.19. The molecule has 0 radical (unpaired) electrons. The van der Waals surface area contributed by atoms with Crippen LogP contribution < -0.4 is 0 Å². The van der Waals surface area contributed by atoms with Crippen LogP contribution in [0.3, 0.4) is 0 Å². The van der Waals surface area contributed by atoms with E-state index >= 15 is 0 Å². The molecule has 0 aliphatic heterocycles. The van der Waals surface area contributed by atoms with Crippen LogP contribution in [0, 0.1) is 6.92 Å². The minimum atomic E-state index is 0.616. The van der Waals surface area contributed by atoms with Crippen LogP contribution in [0.1, 0.15) is 79.9 Å². The summed E-state index contributed by atoms with van der Waals surface area (Å²) in [6.45, 7) is 2.18. The molecule has 18 heavy (non-hydrogen) atoms. The first kappa shape index (κ1) is 12.1. The van der Waals surface area contributed by atoms with E-state index in [0.717, 1.165) is 0 Å². The Morgan fingerprint density at radius 3 is 1.61 bits per heavy atom. The second-order valence-electron chi connectivity index (χ2n) is 6.25. The second-order valence-corrected chi connectivity index (χ2v) is 6.25. The minimum absolute atomic E-state index is 0.616. The number of hydrogen-bond acceptors (Lipinski definition) is 1. The number of phenols is 1. The molecule has 0 spiro atoms. The molecule has 1 N–H and O–H groups in total. The molecule has 0 unspecified atom stereocenters. The summed E-state index contributed by atoms with van der Waals surface area (Å²) in [7, 11) is 0. The molecule has 2 saturated carbocycles. The van der Waals surface area contributed by atoms with Gasteiger partial charge in [0.25, 0.3) is 0 Å². The van der Waals surface area contributed by atoms with Gasteiger partial charge >= 0.3 is 0 Å². The zero-order valence-electron chi connectivity index (χ0n) is 11.4. The van der Waals surface area contributed by atoms with Crippen molar-refractivity contribution in [1.29, 1.82) is 0 Å². The van der Waals surface area contributed by atoms with Crippen molar-refractivity contribution in [2.24, 2.45) is 0 Å². The first-order valence-electron chi connectivity index (χ1n) is 7.59. The molecule has 1 heteroatoms.